The van der Waals surface area contributed by atoms with Gasteiger partial charge in [0.15, 0.2) is 0 Å². The Balaban J connectivity index is 1.23. The van der Waals surface area contributed by atoms with Gasteiger partial charge in [-0.3, -0.25) is 9.78 Å². The molecule has 3 fully saturated rings. The molecule has 8 heteroatoms. The van der Waals surface area contributed by atoms with Crippen molar-refractivity contribution >= 4 is 5.91 Å². The maximum atomic E-state index is 12.1. The van der Waals surface area contributed by atoms with Crippen molar-refractivity contribution < 1.29 is 14.1 Å². The second-order valence-corrected chi connectivity index (χ2v) is 6.56. The van der Waals surface area contributed by atoms with E-state index < -0.39 is 0 Å². The van der Waals surface area contributed by atoms with Gasteiger partial charge in [0.1, 0.15) is 13.2 Å². The number of pyridine rings is 1. The molecule has 3 aliphatic heterocycles. The predicted octanol–water partition coefficient (Wildman–Crippen LogP) is 0.859. The molecule has 2 aromatic rings. The van der Waals surface area contributed by atoms with Crippen LogP contribution in [0.4, 0.5) is 0 Å². The molecule has 0 radical (unpaired) electrons. The molecule has 8 nitrogen and oxygen atoms in total. The Morgan fingerprint density at radius 1 is 1.40 bits per heavy atom. The molecule has 1 N–H and O–H groups in total. The SMILES string of the molecule is O=C(COCc1nc(-c2cccnc2)no1)NC1CN2CCC1CC2. The molecule has 0 saturated carbocycles. The van der Waals surface area contributed by atoms with Crippen LogP contribution in [0.5, 0.6) is 0 Å². The molecule has 0 aromatic carbocycles. The molecule has 5 heterocycles. The molecule has 3 aliphatic rings. The van der Waals surface area contributed by atoms with Gasteiger partial charge in [0.2, 0.25) is 11.7 Å². The van der Waals surface area contributed by atoms with E-state index in [1.807, 2.05) is 6.07 Å². The number of carbonyl (C=O) groups excluding carboxylic acids is 1. The second kappa shape index (κ2) is 7.28. The molecule has 5 rings (SSSR count). The van der Waals surface area contributed by atoms with Crippen molar-refractivity contribution in [1.82, 2.24) is 25.3 Å². The van der Waals surface area contributed by atoms with Crippen molar-refractivity contribution in [2.75, 3.05) is 26.2 Å². The minimum atomic E-state index is -0.0919. The number of fused-ring (bicyclic) bond motifs is 3. The zero-order valence-electron chi connectivity index (χ0n) is 13.9. The molecule has 25 heavy (non-hydrogen) atoms. The number of hydrogen-bond acceptors (Lipinski definition) is 7. The van der Waals surface area contributed by atoms with Crippen molar-refractivity contribution in [2.45, 2.75) is 25.5 Å². The minimum absolute atomic E-state index is 0.00613. The van der Waals surface area contributed by atoms with Crippen LogP contribution in [-0.4, -0.2) is 58.2 Å². The summed E-state index contributed by atoms with van der Waals surface area (Å²) in [5.74, 6) is 1.32. The molecule has 0 spiro atoms. The fraction of sp³-hybridized carbons (Fsp3) is 0.529. The van der Waals surface area contributed by atoms with Gasteiger partial charge in [0.05, 0.1) is 0 Å². The summed E-state index contributed by atoms with van der Waals surface area (Å²) in [6.07, 6.45) is 5.69. The number of piperidine rings is 3. The maximum Gasteiger partial charge on any atom is 0.252 e. The Labute approximate surface area is 145 Å². The molecule has 1 unspecified atom stereocenters. The summed E-state index contributed by atoms with van der Waals surface area (Å²) in [6, 6.07) is 3.91. The van der Waals surface area contributed by atoms with Crippen molar-refractivity contribution in [1.29, 1.82) is 0 Å². The fourth-order valence-electron chi connectivity index (χ4n) is 3.53. The fourth-order valence-corrected chi connectivity index (χ4v) is 3.53. The highest BCUT2D eigenvalue weighted by Gasteiger charge is 2.34. The lowest BCUT2D eigenvalue weighted by atomic mass is 9.84. The molecule has 3 saturated heterocycles. The zero-order valence-corrected chi connectivity index (χ0v) is 13.9. The van der Waals surface area contributed by atoms with Gasteiger partial charge >= 0.3 is 0 Å². The van der Waals surface area contributed by atoms with Gasteiger partial charge in [-0.1, -0.05) is 5.16 Å². The van der Waals surface area contributed by atoms with Crippen LogP contribution in [0.15, 0.2) is 29.0 Å². The largest absolute Gasteiger partial charge is 0.362 e. The smallest absolute Gasteiger partial charge is 0.252 e. The van der Waals surface area contributed by atoms with Crippen LogP contribution in [-0.2, 0) is 16.1 Å². The molecular formula is C17H21N5O3. The molecule has 132 valence electrons. The number of ether oxygens (including phenoxy) is 1. The van der Waals surface area contributed by atoms with E-state index in [0.717, 1.165) is 25.2 Å². The number of aromatic nitrogens is 3. The molecule has 2 aromatic heterocycles. The zero-order chi connectivity index (χ0) is 17.1. The number of nitrogens with one attached hydrogen (secondary N) is 1. The van der Waals surface area contributed by atoms with E-state index in [0.29, 0.717) is 17.6 Å². The summed E-state index contributed by atoms with van der Waals surface area (Å²) >= 11 is 0. The van der Waals surface area contributed by atoms with Crippen LogP contribution in [0.3, 0.4) is 0 Å². The first-order valence-corrected chi connectivity index (χ1v) is 8.60. The number of amides is 1. The van der Waals surface area contributed by atoms with E-state index in [1.54, 1.807) is 18.5 Å². The maximum absolute atomic E-state index is 12.1. The number of rotatable bonds is 6. The van der Waals surface area contributed by atoms with E-state index in [9.17, 15) is 4.79 Å². The normalized spacial score (nSPS) is 25.0. The summed E-state index contributed by atoms with van der Waals surface area (Å²) in [5, 5.41) is 6.98. The Kier molecular flexibility index (Phi) is 4.71. The Bertz CT molecular complexity index is 712. The van der Waals surface area contributed by atoms with Crippen LogP contribution in [0.25, 0.3) is 11.4 Å². The van der Waals surface area contributed by atoms with E-state index in [1.165, 1.54) is 12.8 Å². The van der Waals surface area contributed by atoms with Crippen LogP contribution in [0, 0.1) is 5.92 Å². The molecule has 0 aliphatic carbocycles. The van der Waals surface area contributed by atoms with Crippen LogP contribution < -0.4 is 5.32 Å². The summed E-state index contributed by atoms with van der Waals surface area (Å²) in [4.78, 5) is 22.7. The quantitative estimate of drug-likeness (QED) is 0.831. The molecule has 1 amide bonds. The van der Waals surface area contributed by atoms with Crippen molar-refractivity contribution in [3.63, 3.8) is 0 Å². The van der Waals surface area contributed by atoms with Crippen LogP contribution in [0.1, 0.15) is 18.7 Å². The Morgan fingerprint density at radius 2 is 2.28 bits per heavy atom. The average molecular weight is 343 g/mol. The van der Waals surface area contributed by atoms with Gasteiger partial charge in [0.25, 0.3) is 5.89 Å². The summed E-state index contributed by atoms with van der Waals surface area (Å²) in [5.41, 5.74) is 0.776. The van der Waals surface area contributed by atoms with Gasteiger partial charge in [-0.25, -0.2) is 0 Å². The summed E-state index contributed by atoms with van der Waals surface area (Å²) in [6.45, 7) is 3.37. The Hall–Kier alpha value is -2.32. The van der Waals surface area contributed by atoms with Crippen molar-refractivity contribution in [3.8, 4) is 11.4 Å². The van der Waals surface area contributed by atoms with E-state index in [4.69, 9.17) is 9.26 Å². The van der Waals surface area contributed by atoms with Gasteiger partial charge in [-0.05, 0) is 44.0 Å². The first kappa shape index (κ1) is 16.2. The number of nitrogens with zero attached hydrogens (tertiary/aromatic N) is 4. The lowest BCUT2D eigenvalue weighted by molar-refractivity contribution is -0.128. The van der Waals surface area contributed by atoms with Gasteiger partial charge in [-0.15, -0.1) is 0 Å². The summed E-state index contributed by atoms with van der Waals surface area (Å²) in [7, 11) is 0. The topological polar surface area (TPSA) is 93.4 Å². The van der Waals surface area contributed by atoms with Gasteiger partial charge < -0.3 is 19.5 Å². The van der Waals surface area contributed by atoms with Gasteiger partial charge in [0, 0.05) is 30.5 Å². The van der Waals surface area contributed by atoms with Crippen LogP contribution >= 0.6 is 0 Å². The van der Waals surface area contributed by atoms with Crippen molar-refractivity contribution in [3.05, 3.63) is 30.4 Å². The highest BCUT2D eigenvalue weighted by molar-refractivity contribution is 5.77. The highest BCUT2D eigenvalue weighted by atomic mass is 16.5. The van der Waals surface area contributed by atoms with Gasteiger partial charge in [-0.2, -0.15) is 4.98 Å². The second-order valence-electron chi connectivity index (χ2n) is 6.56. The molecule has 1 atom stereocenters. The number of carbonyl (C=O) groups is 1. The average Bonchev–Trinajstić information content (AvgIpc) is 3.12. The highest BCUT2D eigenvalue weighted by Crippen LogP contribution is 2.27. The van der Waals surface area contributed by atoms with E-state index >= 15 is 0 Å². The first-order chi connectivity index (χ1) is 12.3. The predicted molar refractivity (Wildman–Crippen MR) is 88.3 cm³/mol. The lowest BCUT2D eigenvalue weighted by Gasteiger charge is -2.44. The molecule has 2 bridgehead atoms. The lowest BCUT2D eigenvalue weighted by Crippen LogP contribution is -2.57. The van der Waals surface area contributed by atoms with E-state index in [2.05, 4.69) is 25.3 Å². The number of hydrogen-bond donors (Lipinski definition) is 1. The third kappa shape index (κ3) is 3.85. The third-order valence-corrected chi connectivity index (χ3v) is 4.85. The van der Waals surface area contributed by atoms with E-state index in [-0.39, 0.29) is 25.2 Å². The standard InChI is InChI=1S/C17H21N5O3/c23-15(19-14-9-22-6-3-12(14)4-7-22)10-24-11-16-20-17(21-25-16)13-2-1-5-18-8-13/h1-2,5,8,12,14H,3-4,6-7,9-11H2,(H,19,23). The minimum Gasteiger partial charge on any atom is -0.362 e. The van der Waals surface area contributed by atoms with Crippen molar-refractivity contribution in [2.24, 2.45) is 5.92 Å². The Morgan fingerprint density at radius 3 is 3.00 bits per heavy atom. The summed E-state index contributed by atoms with van der Waals surface area (Å²) < 4.78 is 10.6. The monoisotopic (exact) mass is 343 g/mol. The third-order valence-electron chi connectivity index (χ3n) is 4.85. The van der Waals surface area contributed by atoms with Crippen LogP contribution in [0.2, 0.25) is 0 Å². The molecular weight excluding hydrogens is 322 g/mol. The first-order valence-electron chi connectivity index (χ1n) is 8.60.